The van der Waals surface area contributed by atoms with Gasteiger partial charge in [0.1, 0.15) is 5.82 Å². The third kappa shape index (κ3) is 2.60. The number of aromatic nitrogens is 2. The monoisotopic (exact) mass is 441 g/mol. The molecule has 1 aromatic heterocycles. The molecule has 0 amide bonds. The molecule has 1 aliphatic carbocycles. The summed E-state index contributed by atoms with van der Waals surface area (Å²) in [5.41, 5.74) is 8.33. The summed E-state index contributed by atoms with van der Waals surface area (Å²) in [6.45, 7) is 10.4. The summed E-state index contributed by atoms with van der Waals surface area (Å²) in [6.07, 6.45) is 0. The zero-order valence-electron chi connectivity index (χ0n) is 20.0. The van der Waals surface area contributed by atoms with Gasteiger partial charge in [-0.3, -0.25) is 18.7 Å². The van der Waals surface area contributed by atoms with E-state index in [4.69, 9.17) is 4.99 Å². The van der Waals surface area contributed by atoms with Gasteiger partial charge in [0.25, 0.3) is 5.56 Å². The van der Waals surface area contributed by atoms with Crippen LogP contribution in [0.2, 0.25) is 0 Å². The van der Waals surface area contributed by atoms with Crippen LogP contribution in [0.3, 0.4) is 0 Å². The second-order valence-corrected chi connectivity index (χ2v) is 9.34. The van der Waals surface area contributed by atoms with Gasteiger partial charge in [0.2, 0.25) is 0 Å². The molecule has 1 aliphatic heterocycles. The van der Waals surface area contributed by atoms with Gasteiger partial charge in [-0.2, -0.15) is 0 Å². The second-order valence-electron chi connectivity index (χ2n) is 9.34. The molecule has 168 valence electrons. The van der Waals surface area contributed by atoms with Crippen molar-refractivity contribution in [2.75, 3.05) is 0 Å². The smallest absolute Gasteiger partial charge is 0.293 e. The number of fused-ring (bicyclic) bond motifs is 4. The number of ketones is 1. The van der Waals surface area contributed by atoms with E-state index in [-0.39, 0.29) is 11.3 Å². The standard InChI is InChI=1S/C27H27N3O3/c1-12-13(2)15(4)19(16(5)14(12)3)20-21-23(17-10-8-9-11-18(17)24(21)31)28-25-22(20)26(32)30(7)27(33)29(25)6/h8-11,20-21H,1-7H3/t20-,21+/m1/s1. The summed E-state index contributed by atoms with van der Waals surface area (Å²) in [6, 6.07) is 7.46. The molecule has 3 aromatic rings. The van der Waals surface area contributed by atoms with Crippen LogP contribution in [0.25, 0.3) is 0 Å². The van der Waals surface area contributed by atoms with E-state index in [2.05, 4.69) is 34.6 Å². The normalized spacial score (nSPS) is 18.6. The minimum absolute atomic E-state index is 0.0226. The molecule has 0 saturated heterocycles. The second kappa shape index (κ2) is 6.98. The van der Waals surface area contributed by atoms with Crippen molar-refractivity contribution in [2.24, 2.45) is 25.0 Å². The molecule has 5 rings (SSSR count). The number of carbonyl (C=O) groups excluding carboxylic acids is 1. The average Bonchev–Trinajstić information content (AvgIpc) is 3.10. The first kappa shape index (κ1) is 21.3. The Morgan fingerprint density at radius 1 is 0.697 bits per heavy atom. The first-order valence-electron chi connectivity index (χ1n) is 11.2. The fraction of sp³-hybridized carbons (Fsp3) is 0.333. The SMILES string of the molecule is Cc1c(C)c(C)c([C@H]2c3c(n(C)c(=O)n(C)c3=O)N=C3c4ccccc4C(=O)[C@H]32)c(C)c1C. The molecule has 2 atom stereocenters. The molecular formula is C27H27N3O3. The van der Waals surface area contributed by atoms with Crippen LogP contribution < -0.4 is 11.2 Å². The van der Waals surface area contributed by atoms with Crippen molar-refractivity contribution in [2.45, 2.75) is 40.5 Å². The van der Waals surface area contributed by atoms with E-state index in [1.165, 1.54) is 17.2 Å². The lowest BCUT2D eigenvalue weighted by Gasteiger charge is -2.33. The largest absolute Gasteiger partial charge is 0.332 e. The minimum atomic E-state index is -0.598. The molecule has 0 N–H and O–H groups in total. The maximum atomic E-state index is 13.8. The Morgan fingerprint density at radius 2 is 1.24 bits per heavy atom. The van der Waals surface area contributed by atoms with Crippen molar-refractivity contribution in [1.82, 2.24) is 9.13 Å². The number of benzene rings is 2. The summed E-state index contributed by atoms with van der Waals surface area (Å²) in [7, 11) is 3.12. The summed E-state index contributed by atoms with van der Waals surface area (Å²) in [4.78, 5) is 44.9. The van der Waals surface area contributed by atoms with E-state index in [0.29, 0.717) is 22.7 Å². The Balaban J connectivity index is 1.98. The quantitative estimate of drug-likeness (QED) is 0.578. The van der Waals surface area contributed by atoms with Gasteiger partial charge < -0.3 is 0 Å². The van der Waals surface area contributed by atoms with Gasteiger partial charge in [-0.05, 0) is 68.0 Å². The lowest BCUT2D eigenvalue weighted by Crippen LogP contribution is -2.43. The van der Waals surface area contributed by atoms with Gasteiger partial charge in [-0.15, -0.1) is 0 Å². The van der Waals surface area contributed by atoms with Crippen LogP contribution in [0.15, 0.2) is 38.8 Å². The van der Waals surface area contributed by atoms with E-state index >= 15 is 0 Å². The zero-order valence-corrected chi connectivity index (χ0v) is 20.0. The fourth-order valence-corrected chi connectivity index (χ4v) is 5.67. The maximum Gasteiger partial charge on any atom is 0.332 e. The van der Waals surface area contributed by atoms with Crippen molar-refractivity contribution in [3.05, 3.63) is 95.2 Å². The lowest BCUT2D eigenvalue weighted by atomic mass is 9.72. The van der Waals surface area contributed by atoms with E-state index in [1.54, 1.807) is 7.05 Å². The van der Waals surface area contributed by atoms with Gasteiger partial charge in [-0.25, -0.2) is 9.79 Å². The topological polar surface area (TPSA) is 73.4 Å². The number of hydrogen-bond acceptors (Lipinski definition) is 4. The van der Waals surface area contributed by atoms with Crippen LogP contribution in [-0.2, 0) is 14.1 Å². The van der Waals surface area contributed by atoms with E-state index < -0.39 is 17.5 Å². The first-order valence-corrected chi connectivity index (χ1v) is 11.2. The first-order chi connectivity index (χ1) is 15.6. The Bertz CT molecular complexity index is 1520. The van der Waals surface area contributed by atoms with Gasteiger partial charge in [0.05, 0.1) is 17.2 Å². The highest BCUT2D eigenvalue weighted by Gasteiger charge is 2.48. The molecule has 0 radical (unpaired) electrons. The van der Waals surface area contributed by atoms with Crippen LogP contribution in [-0.4, -0.2) is 20.6 Å². The van der Waals surface area contributed by atoms with Crippen LogP contribution in [0.4, 0.5) is 5.82 Å². The molecule has 6 heteroatoms. The molecule has 33 heavy (non-hydrogen) atoms. The highest BCUT2D eigenvalue weighted by molar-refractivity contribution is 6.30. The molecule has 0 spiro atoms. The van der Waals surface area contributed by atoms with Crippen molar-refractivity contribution in [1.29, 1.82) is 0 Å². The summed E-state index contributed by atoms with van der Waals surface area (Å²) >= 11 is 0. The van der Waals surface area contributed by atoms with Crippen LogP contribution >= 0.6 is 0 Å². The molecule has 2 aromatic carbocycles. The predicted molar refractivity (Wildman–Crippen MR) is 129 cm³/mol. The van der Waals surface area contributed by atoms with Gasteiger partial charge in [0.15, 0.2) is 5.78 Å². The zero-order chi connectivity index (χ0) is 23.9. The third-order valence-electron chi connectivity index (χ3n) is 7.95. The Morgan fingerprint density at radius 3 is 1.85 bits per heavy atom. The number of rotatable bonds is 1. The van der Waals surface area contributed by atoms with Crippen molar-refractivity contribution in [3.63, 3.8) is 0 Å². The minimum Gasteiger partial charge on any atom is -0.293 e. The Hall–Kier alpha value is -3.54. The van der Waals surface area contributed by atoms with Gasteiger partial charge in [-0.1, -0.05) is 24.3 Å². The summed E-state index contributed by atoms with van der Waals surface area (Å²) in [5, 5.41) is 0. The lowest BCUT2D eigenvalue weighted by molar-refractivity contribution is 0.0953. The molecule has 2 aliphatic rings. The van der Waals surface area contributed by atoms with E-state index in [0.717, 1.165) is 37.9 Å². The van der Waals surface area contributed by atoms with Crippen LogP contribution in [0.5, 0.6) is 0 Å². The van der Waals surface area contributed by atoms with Gasteiger partial charge >= 0.3 is 5.69 Å². The highest BCUT2D eigenvalue weighted by atomic mass is 16.2. The molecular weight excluding hydrogens is 414 g/mol. The number of aliphatic imine (C=N–C) groups is 1. The fourth-order valence-electron chi connectivity index (χ4n) is 5.67. The predicted octanol–water partition coefficient (Wildman–Crippen LogP) is 3.70. The molecule has 0 bridgehead atoms. The van der Waals surface area contributed by atoms with Crippen LogP contribution in [0, 0.1) is 40.5 Å². The number of carbonyl (C=O) groups is 1. The van der Waals surface area contributed by atoms with Crippen molar-refractivity contribution >= 4 is 17.3 Å². The number of hydrogen-bond donors (Lipinski definition) is 0. The van der Waals surface area contributed by atoms with Crippen molar-refractivity contribution in [3.8, 4) is 0 Å². The summed E-state index contributed by atoms with van der Waals surface area (Å²) < 4.78 is 2.55. The molecule has 0 fully saturated rings. The molecule has 0 unspecified atom stereocenters. The Kier molecular flexibility index (Phi) is 4.51. The summed E-state index contributed by atoms with van der Waals surface area (Å²) in [5.74, 6) is -0.793. The van der Waals surface area contributed by atoms with Gasteiger partial charge in [0, 0.05) is 31.1 Å². The molecule has 6 nitrogen and oxygen atoms in total. The maximum absolute atomic E-state index is 13.8. The third-order valence-corrected chi connectivity index (χ3v) is 7.95. The molecule has 2 heterocycles. The Labute approximate surface area is 192 Å². The van der Waals surface area contributed by atoms with Crippen molar-refractivity contribution < 1.29 is 4.79 Å². The highest BCUT2D eigenvalue weighted by Crippen LogP contribution is 2.49. The van der Waals surface area contributed by atoms with Crippen LogP contribution in [0.1, 0.15) is 60.8 Å². The number of nitrogens with zero attached hydrogens (tertiary/aromatic N) is 3. The molecule has 0 saturated carbocycles. The van der Waals surface area contributed by atoms with E-state index in [1.807, 2.05) is 24.3 Å². The van der Waals surface area contributed by atoms with E-state index in [9.17, 15) is 14.4 Å². The number of Topliss-reactive ketones (excluding diaryl/α,β-unsaturated/α-hetero) is 1. The average molecular weight is 442 g/mol.